The molecule has 0 unspecified atom stereocenters. The maximum Gasteiger partial charge on any atom is 0.145 e. The molecule has 1 spiro atoms. The van der Waals surface area contributed by atoms with Crippen molar-refractivity contribution in [1.82, 2.24) is 19.1 Å². The van der Waals surface area contributed by atoms with Gasteiger partial charge in [-0.3, -0.25) is 9.13 Å². The largest absolute Gasteiger partial charge is 0.292 e. The number of hydrogen-bond acceptors (Lipinski definition) is 3. The van der Waals surface area contributed by atoms with Crippen molar-refractivity contribution in [3.05, 3.63) is 258 Å². The number of rotatable bonds is 6. The van der Waals surface area contributed by atoms with Crippen LogP contribution in [0.5, 0.6) is 0 Å². The summed E-state index contributed by atoms with van der Waals surface area (Å²) in [5, 5.41) is 0. The molecule has 68 heavy (non-hydrogen) atoms. The molecule has 0 atom stereocenters. The maximum atomic E-state index is 5.38. The van der Waals surface area contributed by atoms with E-state index in [1.807, 2.05) is 11.8 Å². The molecular weight excluding hydrogens is 845 g/mol. The molecule has 4 nitrogen and oxygen atoms in total. The average molecular weight is 887 g/mol. The molecule has 0 saturated heterocycles. The number of imidazole rings is 2. The van der Waals surface area contributed by atoms with E-state index >= 15 is 0 Å². The fraction of sp³-hybridized carbons (Fsp3) is 0.0476. The van der Waals surface area contributed by atoms with Gasteiger partial charge in [-0.25, -0.2) is 9.97 Å². The normalized spacial score (nSPS) is 14.3. The minimum atomic E-state index is -0.398. The highest BCUT2D eigenvalue weighted by Crippen LogP contribution is 2.63. The van der Waals surface area contributed by atoms with Gasteiger partial charge in [0.25, 0.3) is 0 Å². The smallest absolute Gasteiger partial charge is 0.145 e. The Morgan fingerprint density at radius 1 is 0.412 bits per heavy atom. The zero-order valence-corrected chi connectivity index (χ0v) is 37.9. The van der Waals surface area contributed by atoms with Gasteiger partial charge in [0.1, 0.15) is 11.6 Å². The first-order chi connectivity index (χ1) is 33.7. The van der Waals surface area contributed by atoms with Crippen LogP contribution in [-0.4, -0.2) is 19.1 Å². The second-order valence-electron chi connectivity index (χ2n) is 18.0. The van der Waals surface area contributed by atoms with E-state index < -0.39 is 5.41 Å². The Labute approximate surface area is 399 Å². The molecule has 14 rings (SSSR count). The van der Waals surface area contributed by atoms with Crippen LogP contribution in [0.1, 0.15) is 35.1 Å². The minimum absolute atomic E-state index is 0.398. The molecular formula is C63H42N4S. The van der Waals surface area contributed by atoms with Gasteiger partial charge in [-0.05, 0) is 159 Å². The van der Waals surface area contributed by atoms with Crippen LogP contribution in [0.4, 0.5) is 0 Å². The Hall–Kier alpha value is -8.25. The highest BCUT2D eigenvalue weighted by Gasteiger charge is 2.51. The Morgan fingerprint density at radius 3 is 1.53 bits per heavy atom. The van der Waals surface area contributed by atoms with Crippen LogP contribution in [-0.2, 0) is 5.41 Å². The minimum Gasteiger partial charge on any atom is -0.292 e. The van der Waals surface area contributed by atoms with Crippen LogP contribution in [0.2, 0.25) is 0 Å². The van der Waals surface area contributed by atoms with Crippen LogP contribution in [0.25, 0.3) is 84.0 Å². The number of allylic oxidation sites excluding steroid dienone is 4. The number of para-hydroxylation sites is 6. The summed E-state index contributed by atoms with van der Waals surface area (Å²) in [7, 11) is 0. The third kappa shape index (κ3) is 5.89. The van der Waals surface area contributed by atoms with Crippen molar-refractivity contribution in [2.24, 2.45) is 0 Å². The SMILES string of the molecule is C1=CC2=C(CC1)c1ccc(-c3cccc(-c4cc(-c5nc6ccccc6n5-c5ccccc5)cc(-c5nc6ccccc6n5-c5ccccc5)c4)c3)cc1C21c2ccccc2Sc2ccccc21. The standard InChI is InChI=1S/C63H42N4S/c1-3-20-47(21-4-1)66-57-30-13-11-28-55(57)64-61(66)45-37-44(38-46(39-45)62-65-56-29-12-14-31-58(56)67(62)48-22-5-2-6-23-48)42-19-17-18-41(36-42)43-34-35-50-49-24-7-8-25-51(49)63(54(50)40-43)52-26-9-15-32-59(52)68-60-33-16-10-27-53(60)63/h1-6,8-23,25-40H,7,24H2. The highest BCUT2D eigenvalue weighted by molar-refractivity contribution is 7.99. The summed E-state index contributed by atoms with van der Waals surface area (Å²) in [5.41, 5.74) is 20.7. The molecule has 0 fully saturated rings. The van der Waals surface area contributed by atoms with E-state index in [0.717, 1.165) is 80.2 Å². The van der Waals surface area contributed by atoms with Crippen molar-refractivity contribution >= 4 is 39.4 Å². The molecule has 3 heterocycles. The third-order valence-electron chi connectivity index (χ3n) is 14.3. The van der Waals surface area contributed by atoms with Crippen molar-refractivity contribution in [1.29, 1.82) is 0 Å². The molecule has 9 aromatic carbocycles. The van der Waals surface area contributed by atoms with E-state index in [1.54, 1.807) is 0 Å². The number of aromatic nitrogens is 4. The highest BCUT2D eigenvalue weighted by atomic mass is 32.2. The molecule has 11 aromatic rings. The monoisotopic (exact) mass is 886 g/mol. The van der Waals surface area contributed by atoms with Crippen molar-refractivity contribution in [2.45, 2.75) is 28.0 Å². The lowest BCUT2D eigenvalue weighted by Crippen LogP contribution is -2.32. The fourth-order valence-electron chi connectivity index (χ4n) is 11.4. The molecule has 0 radical (unpaired) electrons. The van der Waals surface area contributed by atoms with Gasteiger partial charge in [0.05, 0.1) is 27.5 Å². The van der Waals surface area contributed by atoms with Gasteiger partial charge in [0.15, 0.2) is 0 Å². The van der Waals surface area contributed by atoms with Gasteiger partial charge in [-0.1, -0.05) is 151 Å². The lowest BCUT2D eigenvalue weighted by atomic mass is 9.65. The van der Waals surface area contributed by atoms with Gasteiger partial charge < -0.3 is 0 Å². The summed E-state index contributed by atoms with van der Waals surface area (Å²) in [6.07, 6.45) is 6.92. The number of benzene rings is 9. The molecule has 2 aromatic heterocycles. The molecule has 0 amide bonds. The second-order valence-corrected chi connectivity index (χ2v) is 19.1. The van der Waals surface area contributed by atoms with Crippen LogP contribution < -0.4 is 0 Å². The van der Waals surface area contributed by atoms with Crippen LogP contribution >= 0.6 is 11.8 Å². The molecule has 2 aliphatic carbocycles. The Morgan fingerprint density at radius 2 is 0.912 bits per heavy atom. The molecule has 320 valence electrons. The van der Waals surface area contributed by atoms with Crippen molar-refractivity contribution in [3.8, 4) is 56.4 Å². The Bertz CT molecular complexity index is 3710. The zero-order chi connectivity index (χ0) is 44.8. The van der Waals surface area contributed by atoms with Gasteiger partial charge >= 0.3 is 0 Å². The van der Waals surface area contributed by atoms with Crippen molar-refractivity contribution in [3.63, 3.8) is 0 Å². The van der Waals surface area contributed by atoms with Crippen LogP contribution in [0.3, 0.4) is 0 Å². The summed E-state index contributed by atoms with van der Waals surface area (Å²) in [6, 6.07) is 79.5. The molecule has 0 bridgehead atoms. The maximum absolute atomic E-state index is 5.38. The molecule has 1 aliphatic heterocycles. The van der Waals surface area contributed by atoms with E-state index in [-0.39, 0.29) is 0 Å². The first kappa shape index (κ1) is 39.0. The van der Waals surface area contributed by atoms with E-state index in [4.69, 9.17) is 9.97 Å². The third-order valence-corrected chi connectivity index (χ3v) is 15.4. The summed E-state index contributed by atoms with van der Waals surface area (Å²) in [6.45, 7) is 0. The van der Waals surface area contributed by atoms with Crippen molar-refractivity contribution in [2.75, 3.05) is 0 Å². The lowest BCUT2D eigenvalue weighted by molar-refractivity contribution is 0.713. The predicted molar refractivity (Wildman–Crippen MR) is 280 cm³/mol. The van der Waals surface area contributed by atoms with E-state index in [1.165, 1.54) is 54.3 Å². The fourth-order valence-corrected chi connectivity index (χ4v) is 12.6. The summed E-state index contributed by atoms with van der Waals surface area (Å²) < 4.78 is 4.58. The quantitative estimate of drug-likeness (QED) is 0.167. The van der Waals surface area contributed by atoms with Gasteiger partial charge in [0.2, 0.25) is 0 Å². The Balaban J connectivity index is 0.982. The van der Waals surface area contributed by atoms with Crippen molar-refractivity contribution < 1.29 is 0 Å². The van der Waals surface area contributed by atoms with Gasteiger partial charge in [-0.15, -0.1) is 0 Å². The first-order valence-corrected chi connectivity index (χ1v) is 24.3. The number of nitrogens with zero attached hydrogens (tertiary/aromatic N) is 4. The molecule has 0 saturated carbocycles. The second kappa shape index (κ2) is 15.4. The molecule has 5 heteroatoms. The number of fused-ring (bicyclic) bond motifs is 10. The Kier molecular flexibility index (Phi) is 8.83. The van der Waals surface area contributed by atoms with E-state index in [0.29, 0.717) is 0 Å². The topological polar surface area (TPSA) is 35.6 Å². The lowest BCUT2D eigenvalue weighted by Gasteiger charge is -2.40. The molecule has 0 N–H and O–H groups in total. The average Bonchev–Trinajstić information content (AvgIpc) is 4.09. The van der Waals surface area contributed by atoms with Crippen LogP contribution in [0, 0.1) is 0 Å². The summed E-state index contributed by atoms with van der Waals surface area (Å²) >= 11 is 1.90. The van der Waals surface area contributed by atoms with E-state index in [2.05, 4.69) is 240 Å². The number of hydrogen-bond donors (Lipinski definition) is 0. The van der Waals surface area contributed by atoms with Gasteiger partial charge in [-0.2, -0.15) is 0 Å². The first-order valence-electron chi connectivity index (χ1n) is 23.5. The molecule has 3 aliphatic rings. The summed E-state index contributed by atoms with van der Waals surface area (Å²) in [4.78, 5) is 13.4. The van der Waals surface area contributed by atoms with Crippen LogP contribution in [0.15, 0.2) is 246 Å². The predicted octanol–water partition coefficient (Wildman–Crippen LogP) is 15.9. The summed E-state index contributed by atoms with van der Waals surface area (Å²) in [5.74, 6) is 1.75. The van der Waals surface area contributed by atoms with Gasteiger partial charge in [0, 0.05) is 32.3 Å². The van der Waals surface area contributed by atoms with E-state index in [9.17, 15) is 0 Å². The zero-order valence-electron chi connectivity index (χ0n) is 37.1.